The highest BCUT2D eigenvalue weighted by atomic mass is 16.1. The molecule has 0 unspecified atom stereocenters. The average molecular weight is 240 g/mol. The van der Waals surface area contributed by atoms with Crippen molar-refractivity contribution in [2.45, 2.75) is 6.42 Å². The number of benzene rings is 1. The minimum atomic E-state index is -0.0601. The SMILES string of the molecule is N#Cc1ccc(NC(=O)CC2CNC2)cc1C#N. The molecular formula is C13H12N4O. The van der Waals surface area contributed by atoms with Crippen LogP contribution in [0.4, 0.5) is 5.69 Å². The van der Waals surface area contributed by atoms with Crippen molar-refractivity contribution in [3.05, 3.63) is 29.3 Å². The normalized spacial score (nSPS) is 14.1. The zero-order valence-electron chi connectivity index (χ0n) is 9.73. The Labute approximate surface area is 105 Å². The number of amides is 1. The molecule has 2 rings (SSSR count). The zero-order chi connectivity index (χ0) is 13.0. The van der Waals surface area contributed by atoms with Gasteiger partial charge in [-0.3, -0.25) is 4.79 Å². The van der Waals surface area contributed by atoms with E-state index >= 15 is 0 Å². The quantitative estimate of drug-likeness (QED) is 0.824. The number of carbonyl (C=O) groups excluding carboxylic acids is 1. The largest absolute Gasteiger partial charge is 0.326 e. The van der Waals surface area contributed by atoms with Crippen LogP contribution in [-0.2, 0) is 4.79 Å². The summed E-state index contributed by atoms with van der Waals surface area (Å²) in [6, 6.07) is 8.57. The fourth-order valence-corrected chi connectivity index (χ4v) is 1.78. The predicted molar refractivity (Wildman–Crippen MR) is 65.5 cm³/mol. The molecule has 5 heteroatoms. The van der Waals surface area contributed by atoms with E-state index in [2.05, 4.69) is 10.6 Å². The van der Waals surface area contributed by atoms with Gasteiger partial charge in [-0.2, -0.15) is 10.5 Å². The number of hydrogen-bond donors (Lipinski definition) is 2. The summed E-state index contributed by atoms with van der Waals surface area (Å²) in [7, 11) is 0. The number of carbonyl (C=O) groups is 1. The van der Waals surface area contributed by atoms with Gasteiger partial charge in [0.1, 0.15) is 12.1 Å². The topological polar surface area (TPSA) is 88.7 Å². The van der Waals surface area contributed by atoms with Crippen LogP contribution >= 0.6 is 0 Å². The van der Waals surface area contributed by atoms with Gasteiger partial charge in [-0.05, 0) is 37.2 Å². The molecular weight excluding hydrogens is 228 g/mol. The second-order valence-corrected chi connectivity index (χ2v) is 4.26. The van der Waals surface area contributed by atoms with Gasteiger partial charge < -0.3 is 10.6 Å². The minimum absolute atomic E-state index is 0.0601. The van der Waals surface area contributed by atoms with Crippen LogP contribution < -0.4 is 10.6 Å². The molecule has 1 saturated heterocycles. The van der Waals surface area contributed by atoms with Crippen molar-refractivity contribution in [1.29, 1.82) is 10.5 Å². The van der Waals surface area contributed by atoms with Gasteiger partial charge in [-0.25, -0.2) is 0 Å². The lowest BCUT2D eigenvalue weighted by molar-refractivity contribution is -0.117. The predicted octanol–water partition coefficient (Wildman–Crippen LogP) is 0.978. The van der Waals surface area contributed by atoms with Crippen LogP contribution in [0.5, 0.6) is 0 Å². The summed E-state index contributed by atoms with van der Waals surface area (Å²) in [5.41, 5.74) is 1.15. The maximum Gasteiger partial charge on any atom is 0.224 e. The van der Waals surface area contributed by atoms with E-state index in [1.54, 1.807) is 12.1 Å². The third-order valence-corrected chi connectivity index (χ3v) is 2.88. The van der Waals surface area contributed by atoms with Crippen molar-refractivity contribution in [3.63, 3.8) is 0 Å². The monoisotopic (exact) mass is 240 g/mol. The van der Waals surface area contributed by atoms with Crippen LogP contribution in [0.15, 0.2) is 18.2 Å². The Bertz CT molecular complexity index is 549. The van der Waals surface area contributed by atoms with Crippen molar-refractivity contribution in [3.8, 4) is 12.1 Å². The Kier molecular flexibility index (Phi) is 3.57. The first kappa shape index (κ1) is 12.1. The third-order valence-electron chi connectivity index (χ3n) is 2.88. The molecule has 1 aromatic carbocycles. The molecule has 1 heterocycles. The van der Waals surface area contributed by atoms with Gasteiger partial charge >= 0.3 is 0 Å². The van der Waals surface area contributed by atoms with Gasteiger partial charge in [0.15, 0.2) is 0 Å². The van der Waals surface area contributed by atoms with Gasteiger partial charge in [0, 0.05) is 12.1 Å². The molecule has 2 N–H and O–H groups in total. The Balaban J connectivity index is 2.03. The fraction of sp³-hybridized carbons (Fsp3) is 0.308. The third kappa shape index (κ3) is 2.65. The Morgan fingerprint density at radius 3 is 2.61 bits per heavy atom. The molecule has 5 nitrogen and oxygen atoms in total. The molecule has 0 bridgehead atoms. The standard InChI is InChI=1S/C13H12N4O/c14-5-10-1-2-12(4-11(10)6-15)17-13(18)3-9-7-16-8-9/h1-2,4,9,16H,3,7-8H2,(H,17,18). The highest BCUT2D eigenvalue weighted by molar-refractivity contribution is 5.91. The second kappa shape index (κ2) is 5.31. The van der Waals surface area contributed by atoms with E-state index in [0.29, 0.717) is 23.6 Å². The van der Waals surface area contributed by atoms with Gasteiger partial charge in [-0.1, -0.05) is 0 Å². The van der Waals surface area contributed by atoms with Gasteiger partial charge in [0.2, 0.25) is 5.91 Å². The fourth-order valence-electron chi connectivity index (χ4n) is 1.78. The molecule has 90 valence electrons. The van der Waals surface area contributed by atoms with Gasteiger partial charge in [0.05, 0.1) is 11.1 Å². The van der Waals surface area contributed by atoms with Crippen molar-refractivity contribution >= 4 is 11.6 Å². The minimum Gasteiger partial charge on any atom is -0.326 e. The number of nitrogens with zero attached hydrogens (tertiary/aromatic N) is 2. The molecule has 1 aliphatic rings. The van der Waals surface area contributed by atoms with Crippen molar-refractivity contribution < 1.29 is 4.79 Å². The van der Waals surface area contributed by atoms with Gasteiger partial charge in [0.25, 0.3) is 0 Å². The summed E-state index contributed by atoms with van der Waals surface area (Å²) in [6.07, 6.45) is 0.481. The molecule has 1 amide bonds. The maximum atomic E-state index is 11.7. The summed E-state index contributed by atoms with van der Waals surface area (Å²) in [5.74, 6) is 0.342. The smallest absolute Gasteiger partial charge is 0.224 e. The maximum absolute atomic E-state index is 11.7. The summed E-state index contributed by atoms with van der Waals surface area (Å²) < 4.78 is 0. The Morgan fingerprint density at radius 1 is 1.33 bits per heavy atom. The lowest BCUT2D eigenvalue weighted by Crippen LogP contribution is -2.43. The molecule has 0 atom stereocenters. The molecule has 0 aliphatic carbocycles. The van der Waals surface area contributed by atoms with E-state index in [-0.39, 0.29) is 11.5 Å². The van der Waals surface area contributed by atoms with E-state index in [1.807, 2.05) is 12.1 Å². The van der Waals surface area contributed by atoms with Crippen LogP contribution in [0.1, 0.15) is 17.5 Å². The van der Waals surface area contributed by atoms with Crippen LogP contribution in [0.2, 0.25) is 0 Å². The lowest BCUT2D eigenvalue weighted by Gasteiger charge is -2.26. The average Bonchev–Trinajstić information content (AvgIpc) is 2.33. The molecule has 0 aromatic heterocycles. The molecule has 0 spiro atoms. The number of nitrogens with one attached hydrogen (secondary N) is 2. The molecule has 18 heavy (non-hydrogen) atoms. The molecule has 1 aromatic rings. The molecule has 0 saturated carbocycles. The van der Waals surface area contributed by atoms with E-state index in [0.717, 1.165) is 13.1 Å². The number of rotatable bonds is 3. The Morgan fingerprint density at radius 2 is 2.06 bits per heavy atom. The molecule has 1 fully saturated rings. The first-order valence-corrected chi connectivity index (χ1v) is 5.67. The zero-order valence-corrected chi connectivity index (χ0v) is 9.73. The van der Waals surface area contributed by atoms with Crippen LogP contribution in [0.25, 0.3) is 0 Å². The van der Waals surface area contributed by atoms with Crippen LogP contribution in [-0.4, -0.2) is 19.0 Å². The van der Waals surface area contributed by atoms with Crippen LogP contribution in [0, 0.1) is 28.6 Å². The van der Waals surface area contributed by atoms with Gasteiger partial charge in [-0.15, -0.1) is 0 Å². The summed E-state index contributed by atoms with van der Waals surface area (Å²) in [6.45, 7) is 1.76. The van der Waals surface area contributed by atoms with E-state index in [1.165, 1.54) is 6.07 Å². The highest BCUT2D eigenvalue weighted by Gasteiger charge is 2.20. The number of anilines is 1. The number of nitriles is 2. The lowest BCUT2D eigenvalue weighted by atomic mass is 9.99. The van der Waals surface area contributed by atoms with E-state index in [9.17, 15) is 4.79 Å². The van der Waals surface area contributed by atoms with E-state index < -0.39 is 0 Å². The van der Waals surface area contributed by atoms with Crippen molar-refractivity contribution in [2.24, 2.45) is 5.92 Å². The highest BCUT2D eigenvalue weighted by Crippen LogP contribution is 2.16. The van der Waals surface area contributed by atoms with Crippen molar-refractivity contribution in [1.82, 2.24) is 5.32 Å². The summed E-state index contributed by atoms with van der Waals surface area (Å²) >= 11 is 0. The second-order valence-electron chi connectivity index (χ2n) is 4.26. The van der Waals surface area contributed by atoms with Crippen LogP contribution in [0.3, 0.4) is 0 Å². The first-order valence-electron chi connectivity index (χ1n) is 5.67. The molecule has 1 aliphatic heterocycles. The van der Waals surface area contributed by atoms with E-state index in [4.69, 9.17) is 10.5 Å². The van der Waals surface area contributed by atoms with Crippen molar-refractivity contribution in [2.75, 3.05) is 18.4 Å². The number of hydrogen-bond acceptors (Lipinski definition) is 4. The first-order chi connectivity index (χ1) is 8.72. The Hall–Kier alpha value is -2.37. The summed E-state index contributed by atoms with van der Waals surface area (Å²) in [5, 5.41) is 23.5. The molecule has 0 radical (unpaired) electrons. The summed E-state index contributed by atoms with van der Waals surface area (Å²) in [4.78, 5) is 11.7.